The second kappa shape index (κ2) is 6.12. The SMILES string of the molecule is Cn1cc([C@@](C)(O)CNC(=O)C(C)(C)c2cccc(F)c2)cn1. The first kappa shape index (κ1) is 17.1. The minimum absolute atomic E-state index is 0.0380. The minimum atomic E-state index is -1.23. The highest BCUT2D eigenvalue weighted by molar-refractivity contribution is 5.87. The van der Waals surface area contributed by atoms with Crippen molar-refractivity contribution in [3.63, 3.8) is 0 Å². The monoisotopic (exact) mass is 319 g/mol. The molecule has 2 N–H and O–H groups in total. The van der Waals surface area contributed by atoms with E-state index in [1.54, 1.807) is 57.0 Å². The molecule has 1 heterocycles. The lowest BCUT2D eigenvalue weighted by Gasteiger charge is -2.28. The molecule has 23 heavy (non-hydrogen) atoms. The number of benzene rings is 1. The molecule has 0 fully saturated rings. The number of nitrogens with zero attached hydrogens (tertiary/aromatic N) is 2. The first-order valence-electron chi connectivity index (χ1n) is 7.39. The Hall–Kier alpha value is -2.21. The Bertz CT molecular complexity index is 707. The van der Waals surface area contributed by atoms with Crippen molar-refractivity contribution in [3.8, 4) is 0 Å². The van der Waals surface area contributed by atoms with Crippen LogP contribution in [0.15, 0.2) is 36.7 Å². The van der Waals surface area contributed by atoms with Crippen LogP contribution in [0.1, 0.15) is 31.9 Å². The molecule has 1 aromatic heterocycles. The van der Waals surface area contributed by atoms with Crippen LogP contribution in [-0.4, -0.2) is 27.3 Å². The Balaban J connectivity index is 2.09. The summed E-state index contributed by atoms with van der Waals surface area (Å²) in [7, 11) is 1.76. The number of nitrogens with one attached hydrogen (secondary N) is 1. The molecule has 0 bridgehead atoms. The second-order valence-electron chi connectivity index (χ2n) is 6.49. The molecular weight excluding hydrogens is 297 g/mol. The number of carbonyl (C=O) groups is 1. The molecule has 124 valence electrons. The molecule has 1 aromatic carbocycles. The van der Waals surface area contributed by atoms with E-state index in [2.05, 4.69) is 10.4 Å². The van der Waals surface area contributed by atoms with Gasteiger partial charge < -0.3 is 10.4 Å². The van der Waals surface area contributed by atoms with Gasteiger partial charge in [-0.05, 0) is 38.5 Å². The van der Waals surface area contributed by atoms with Gasteiger partial charge in [0.2, 0.25) is 5.91 Å². The Morgan fingerprint density at radius 2 is 2.04 bits per heavy atom. The van der Waals surface area contributed by atoms with E-state index in [0.29, 0.717) is 11.1 Å². The lowest BCUT2D eigenvalue weighted by Crippen LogP contribution is -2.45. The second-order valence-corrected chi connectivity index (χ2v) is 6.49. The maximum Gasteiger partial charge on any atom is 0.230 e. The van der Waals surface area contributed by atoms with Gasteiger partial charge in [0.05, 0.1) is 18.2 Å². The van der Waals surface area contributed by atoms with Gasteiger partial charge in [0.25, 0.3) is 0 Å². The van der Waals surface area contributed by atoms with Crippen LogP contribution in [0, 0.1) is 5.82 Å². The maximum atomic E-state index is 13.4. The molecule has 1 amide bonds. The zero-order chi connectivity index (χ0) is 17.3. The zero-order valence-corrected chi connectivity index (χ0v) is 13.8. The Labute approximate surface area is 135 Å². The van der Waals surface area contributed by atoms with E-state index in [4.69, 9.17) is 0 Å². The van der Waals surface area contributed by atoms with Crippen LogP contribution >= 0.6 is 0 Å². The van der Waals surface area contributed by atoms with E-state index in [1.165, 1.54) is 12.1 Å². The van der Waals surface area contributed by atoms with Crippen molar-refractivity contribution in [2.45, 2.75) is 31.8 Å². The highest BCUT2D eigenvalue weighted by Gasteiger charge is 2.32. The summed E-state index contributed by atoms with van der Waals surface area (Å²) in [6.07, 6.45) is 3.26. The van der Waals surface area contributed by atoms with E-state index >= 15 is 0 Å². The Morgan fingerprint density at radius 3 is 2.61 bits per heavy atom. The normalized spacial score (nSPS) is 14.3. The molecule has 2 rings (SSSR count). The lowest BCUT2D eigenvalue weighted by atomic mass is 9.83. The van der Waals surface area contributed by atoms with Gasteiger partial charge in [-0.3, -0.25) is 9.48 Å². The molecule has 0 saturated heterocycles. The van der Waals surface area contributed by atoms with Gasteiger partial charge in [-0.25, -0.2) is 4.39 Å². The third-order valence-corrected chi connectivity index (χ3v) is 4.03. The van der Waals surface area contributed by atoms with Crippen molar-refractivity contribution >= 4 is 5.91 Å². The van der Waals surface area contributed by atoms with Crippen LogP contribution in [0.25, 0.3) is 0 Å². The maximum absolute atomic E-state index is 13.4. The standard InChI is InChI=1S/C17H22FN3O2/c1-16(2,12-6-5-7-14(18)8-12)15(22)19-11-17(3,23)13-9-20-21(4)10-13/h5-10,23H,11H2,1-4H3,(H,19,22)/t17-/m0/s1. The quantitative estimate of drug-likeness (QED) is 0.884. The van der Waals surface area contributed by atoms with E-state index < -0.39 is 11.0 Å². The first-order chi connectivity index (χ1) is 10.6. The summed E-state index contributed by atoms with van der Waals surface area (Å²) in [6, 6.07) is 5.97. The van der Waals surface area contributed by atoms with Gasteiger partial charge >= 0.3 is 0 Å². The molecule has 0 spiro atoms. The van der Waals surface area contributed by atoms with Gasteiger partial charge in [0.1, 0.15) is 11.4 Å². The van der Waals surface area contributed by atoms with Crippen LogP contribution in [-0.2, 0) is 22.9 Å². The summed E-state index contributed by atoms with van der Waals surface area (Å²) >= 11 is 0. The molecule has 0 aliphatic carbocycles. The molecule has 2 aromatic rings. The van der Waals surface area contributed by atoms with Gasteiger partial charge in [-0.1, -0.05) is 12.1 Å². The van der Waals surface area contributed by atoms with Gasteiger partial charge in [0.15, 0.2) is 0 Å². The molecule has 0 aliphatic heterocycles. The highest BCUT2D eigenvalue weighted by atomic mass is 19.1. The number of carbonyl (C=O) groups excluding carboxylic acids is 1. The average molecular weight is 319 g/mol. The Morgan fingerprint density at radius 1 is 1.35 bits per heavy atom. The van der Waals surface area contributed by atoms with Crippen LogP contribution in [0.2, 0.25) is 0 Å². The topological polar surface area (TPSA) is 67.2 Å². The van der Waals surface area contributed by atoms with Gasteiger partial charge in [-0.2, -0.15) is 5.10 Å². The van der Waals surface area contributed by atoms with Crippen molar-refractivity contribution in [2.75, 3.05) is 6.54 Å². The zero-order valence-electron chi connectivity index (χ0n) is 13.8. The molecule has 0 unspecified atom stereocenters. The molecule has 1 atom stereocenters. The van der Waals surface area contributed by atoms with Crippen molar-refractivity contribution in [2.24, 2.45) is 7.05 Å². The molecule has 6 heteroatoms. The average Bonchev–Trinajstić information content (AvgIpc) is 2.92. The summed E-state index contributed by atoms with van der Waals surface area (Å²) in [5.41, 5.74) is -0.949. The van der Waals surface area contributed by atoms with Crippen molar-refractivity contribution < 1.29 is 14.3 Å². The first-order valence-corrected chi connectivity index (χ1v) is 7.39. The summed E-state index contributed by atoms with van der Waals surface area (Å²) in [6.45, 7) is 5.08. The summed E-state index contributed by atoms with van der Waals surface area (Å²) in [5, 5.41) is 17.3. The van der Waals surface area contributed by atoms with Crippen molar-refractivity contribution in [1.29, 1.82) is 0 Å². The molecular formula is C17H22FN3O2. The highest BCUT2D eigenvalue weighted by Crippen LogP contribution is 2.25. The molecule has 0 aliphatic rings. The number of aliphatic hydroxyl groups is 1. The lowest BCUT2D eigenvalue weighted by molar-refractivity contribution is -0.126. The van der Waals surface area contributed by atoms with Gasteiger partial charge in [-0.15, -0.1) is 0 Å². The number of rotatable bonds is 5. The number of aryl methyl sites for hydroxylation is 1. The van der Waals surface area contributed by atoms with Crippen molar-refractivity contribution in [3.05, 3.63) is 53.6 Å². The van der Waals surface area contributed by atoms with Crippen LogP contribution in [0.4, 0.5) is 4.39 Å². The summed E-state index contributed by atoms with van der Waals surface area (Å²) in [5.74, 6) is -0.669. The number of amides is 1. The fourth-order valence-corrected chi connectivity index (χ4v) is 2.28. The fraction of sp³-hybridized carbons (Fsp3) is 0.412. The minimum Gasteiger partial charge on any atom is -0.383 e. The molecule has 0 radical (unpaired) electrons. The van der Waals surface area contributed by atoms with Crippen LogP contribution in [0.3, 0.4) is 0 Å². The van der Waals surface area contributed by atoms with E-state index in [0.717, 1.165) is 0 Å². The molecule has 5 nitrogen and oxygen atoms in total. The van der Waals surface area contributed by atoms with Crippen molar-refractivity contribution in [1.82, 2.24) is 15.1 Å². The number of halogens is 1. The van der Waals surface area contributed by atoms with Crippen LogP contribution < -0.4 is 5.32 Å². The van der Waals surface area contributed by atoms with E-state index in [-0.39, 0.29) is 18.3 Å². The van der Waals surface area contributed by atoms with E-state index in [9.17, 15) is 14.3 Å². The number of hydrogen-bond donors (Lipinski definition) is 2. The number of aromatic nitrogens is 2. The number of hydrogen-bond acceptors (Lipinski definition) is 3. The van der Waals surface area contributed by atoms with E-state index in [1.807, 2.05) is 0 Å². The van der Waals surface area contributed by atoms with Gasteiger partial charge in [0, 0.05) is 18.8 Å². The van der Waals surface area contributed by atoms with Crippen LogP contribution in [0.5, 0.6) is 0 Å². The fourth-order valence-electron chi connectivity index (χ4n) is 2.28. The molecule has 0 saturated carbocycles. The summed E-state index contributed by atoms with van der Waals surface area (Å²) < 4.78 is 15.0. The third-order valence-electron chi connectivity index (χ3n) is 4.03. The summed E-state index contributed by atoms with van der Waals surface area (Å²) in [4.78, 5) is 12.5. The predicted octanol–water partition coefficient (Wildman–Crippen LogP) is 1.86. The predicted molar refractivity (Wildman–Crippen MR) is 85.2 cm³/mol. The smallest absolute Gasteiger partial charge is 0.230 e. The largest absolute Gasteiger partial charge is 0.383 e. The Kier molecular flexibility index (Phi) is 4.56. The third kappa shape index (κ3) is 3.76.